The Morgan fingerprint density at radius 2 is 1.83 bits per heavy atom. The molecule has 0 atom stereocenters. The van der Waals surface area contributed by atoms with E-state index in [2.05, 4.69) is 15.7 Å². The van der Waals surface area contributed by atoms with Crippen LogP contribution in [-0.2, 0) is 11.8 Å². The van der Waals surface area contributed by atoms with E-state index < -0.39 is 5.97 Å². The number of nitrogens with one attached hydrogen (secondary N) is 2. The van der Waals surface area contributed by atoms with E-state index in [1.54, 1.807) is 42.1 Å². The molecule has 3 N–H and O–H groups in total. The molecule has 0 saturated heterocycles. The van der Waals surface area contributed by atoms with Crippen molar-refractivity contribution < 1.29 is 19.5 Å². The van der Waals surface area contributed by atoms with Gasteiger partial charge in [0.2, 0.25) is 0 Å². The first-order valence-electron chi connectivity index (χ1n) is 7.29. The highest BCUT2D eigenvalue weighted by Crippen LogP contribution is 2.11. The van der Waals surface area contributed by atoms with Gasteiger partial charge < -0.3 is 15.7 Å². The number of anilines is 1. The Kier molecular flexibility index (Phi) is 5.31. The first-order chi connectivity index (χ1) is 11.4. The van der Waals surface area contributed by atoms with Crippen molar-refractivity contribution in [3.05, 3.63) is 47.3 Å². The van der Waals surface area contributed by atoms with Gasteiger partial charge in [-0.2, -0.15) is 5.10 Å². The van der Waals surface area contributed by atoms with E-state index in [9.17, 15) is 14.4 Å². The van der Waals surface area contributed by atoms with Crippen LogP contribution in [0.3, 0.4) is 0 Å². The molecule has 0 aliphatic rings. The molecule has 0 aliphatic heterocycles. The molecule has 0 fully saturated rings. The molecule has 8 heteroatoms. The number of hydrogen-bond donors (Lipinski definition) is 3. The molecule has 2 amide bonds. The molecule has 0 aliphatic carbocycles. The molecule has 1 aromatic carbocycles. The monoisotopic (exact) mass is 330 g/mol. The zero-order chi connectivity index (χ0) is 17.7. The summed E-state index contributed by atoms with van der Waals surface area (Å²) in [6.45, 7) is 1.91. The van der Waals surface area contributed by atoms with Gasteiger partial charge in [-0.05, 0) is 37.3 Å². The number of carbonyl (C=O) groups excluding carboxylic acids is 2. The fourth-order valence-electron chi connectivity index (χ4n) is 1.96. The summed E-state index contributed by atoms with van der Waals surface area (Å²) >= 11 is 0. The molecule has 0 saturated carbocycles. The summed E-state index contributed by atoms with van der Waals surface area (Å²) in [6, 6.07) is 7.98. The van der Waals surface area contributed by atoms with Gasteiger partial charge in [0.15, 0.2) is 5.69 Å². The van der Waals surface area contributed by atoms with E-state index >= 15 is 0 Å². The number of aromatic nitrogens is 2. The van der Waals surface area contributed by atoms with Gasteiger partial charge in [0.25, 0.3) is 11.8 Å². The number of amides is 2. The number of nitrogens with zero attached hydrogens (tertiary/aromatic N) is 2. The predicted molar refractivity (Wildman–Crippen MR) is 86.9 cm³/mol. The maximum Gasteiger partial charge on any atom is 0.305 e. The number of benzene rings is 1. The Hall–Kier alpha value is -3.16. The predicted octanol–water partition coefficient (Wildman–Crippen LogP) is 1.19. The zero-order valence-electron chi connectivity index (χ0n) is 13.4. The SMILES string of the molecule is Cc1cc(C(=O)Nc2ccc(C(=O)NCCC(=O)O)cc2)nn1C. The maximum absolute atomic E-state index is 12.1. The van der Waals surface area contributed by atoms with Crippen molar-refractivity contribution in [2.24, 2.45) is 7.05 Å². The van der Waals surface area contributed by atoms with Crippen molar-refractivity contribution in [2.45, 2.75) is 13.3 Å². The average Bonchev–Trinajstić information content (AvgIpc) is 2.87. The number of hydrogen-bond acceptors (Lipinski definition) is 4. The molecule has 24 heavy (non-hydrogen) atoms. The highest BCUT2D eigenvalue weighted by atomic mass is 16.4. The number of rotatable bonds is 6. The summed E-state index contributed by atoms with van der Waals surface area (Å²) in [7, 11) is 1.75. The second-order valence-corrected chi connectivity index (χ2v) is 5.23. The van der Waals surface area contributed by atoms with Gasteiger partial charge in [0.1, 0.15) is 0 Å². The second kappa shape index (κ2) is 7.40. The summed E-state index contributed by atoms with van der Waals surface area (Å²) in [6.07, 6.45) is -0.136. The summed E-state index contributed by atoms with van der Waals surface area (Å²) in [5.41, 5.74) is 2.09. The van der Waals surface area contributed by atoms with Crippen LogP contribution >= 0.6 is 0 Å². The van der Waals surface area contributed by atoms with Crippen LogP contribution in [0.4, 0.5) is 5.69 Å². The third-order valence-electron chi connectivity index (χ3n) is 3.38. The Morgan fingerprint density at radius 1 is 1.17 bits per heavy atom. The van der Waals surface area contributed by atoms with Crippen LogP contribution in [0.1, 0.15) is 33.0 Å². The molecule has 0 unspecified atom stereocenters. The van der Waals surface area contributed by atoms with Gasteiger partial charge in [0.05, 0.1) is 6.42 Å². The Balaban J connectivity index is 1.95. The highest BCUT2D eigenvalue weighted by Gasteiger charge is 2.12. The van der Waals surface area contributed by atoms with Crippen molar-refractivity contribution in [2.75, 3.05) is 11.9 Å². The van der Waals surface area contributed by atoms with E-state index in [-0.39, 0.29) is 24.8 Å². The third-order valence-corrected chi connectivity index (χ3v) is 3.38. The summed E-state index contributed by atoms with van der Waals surface area (Å²) in [5.74, 6) is -1.68. The van der Waals surface area contributed by atoms with E-state index in [1.807, 2.05) is 6.92 Å². The zero-order valence-corrected chi connectivity index (χ0v) is 13.4. The average molecular weight is 330 g/mol. The number of aryl methyl sites for hydroxylation is 2. The Bertz CT molecular complexity index is 745. The fraction of sp³-hybridized carbons (Fsp3) is 0.250. The van der Waals surface area contributed by atoms with Gasteiger partial charge in [-0.15, -0.1) is 0 Å². The normalized spacial score (nSPS) is 10.2. The van der Waals surface area contributed by atoms with Crippen LogP contribution in [0.2, 0.25) is 0 Å². The van der Waals surface area contributed by atoms with E-state index in [4.69, 9.17) is 5.11 Å². The minimum Gasteiger partial charge on any atom is -0.481 e. The summed E-state index contributed by atoms with van der Waals surface area (Å²) in [4.78, 5) is 34.3. The van der Waals surface area contributed by atoms with Crippen LogP contribution in [-0.4, -0.2) is 39.2 Å². The largest absolute Gasteiger partial charge is 0.481 e. The molecule has 0 bridgehead atoms. The third kappa shape index (κ3) is 4.42. The molecular weight excluding hydrogens is 312 g/mol. The topological polar surface area (TPSA) is 113 Å². The number of carboxylic acids is 1. The fourth-order valence-corrected chi connectivity index (χ4v) is 1.96. The first kappa shape index (κ1) is 17.2. The number of carboxylic acid groups (broad SMARTS) is 1. The highest BCUT2D eigenvalue weighted by molar-refractivity contribution is 6.03. The van der Waals surface area contributed by atoms with Gasteiger partial charge in [0, 0.05) is 30.5 Å². The molecule has 2 aromatic rings. The van der Waals surface area contributed by atoms with Crippen LogP contribution in [0.25, 0.3) is 0 Å². The second-order valence-electron chi connectivity index (χ2n) is 5.23. The van der Waals surface area contributed by atoms with Gasteiger partial charge >= 0.3 is 5.97 Å². The van der Waals surface area contributed by atoms with Crippen molar-refractivity contribution in [3.63, 3.8) is 0 Å². The molecule has 8 nitrogen and oxygen atoms in total. The lowest BCUT2D eigenvalue weighted by Crippen LogP contribution is -2.25. The van der Waals surface area contributed by atoms with E-state index in [0.29, 0.717) is 16.9 Å². The quantitative estimate of drug-likeness (QED) is 0.736. The number of carbonyl (C=O) groups is 3. The van der Waals surface area contributed by atoms with Crippen molar-refractivity contribution >= 4 is 23.5 Å². The van der Waals surface area contributed by atoms with Gasteiger partial charge in [-0.1, -0.05) is 0 Å². The van der Waals surface area contributed by atoms with Crippen molar-refractivity contribution in [3.8, 4) is 0 Å². The maximum atomic E-state index is 12.1. The molecule has 126 valence electrons. The van der Waals surface area contributed by atoms with Gasteiger partial charge in [-0.25, -0.2) is 0 Å². The number of aliphatic carboxylic acids is 1. The first-order valence-corrected chi connectivity index (χ1v) is 7.29. The van der Waals surface area contributed by atoms with Crippen LogP contribution in [0.15, 0.2) is 30.3 Å². The van der Waals surface area contributed by atoms with Crippen molar-refractivity contribution in [1.29, 1.82) is 0 Å². The Labute approximate surface area is 138 Å². The summed E-state index contributed by atoms with van der Waals surface area (Å²) < 4.78 is 1.61. The lowest BCUT2D eigenvalue weighted by molar-refractivity contribution is -0.136. The summed E-state index contributed by atoms with van der Waals surface area (Å²) in [5, 5.41) is 17.8. The van der Waals surface area contributed by atoms with E-state index in [0.717, 1.165) is 5.69 Å². The van der Waals surface area contributed by atoms with Crippen LogP contribution in [0.5, 0.6) is 0 Å². The lowest BCUT2D eigenvalue weighted by atomic mass is 10.2. The molecule has 2 rings (SSSR count). The smallest absolute Gasteiger partial charge is 0.305 e. The molecule has 0 radical (unpaired) electrons. The molecule has 1 heterocycles. The van der Waals surface area contributed by atoms with Gasteiger partial charge in [-0.3, -0.25) is 19.1 Å². The minimum atomic E-state index is -0.974. The molecule has 0 spiro atoms. The Morgan fingerprint density at radius 3 is 2.38 bits per heavy atom. The minimum absolute atomic E-state index is 0.0612. The lowest BCUT2D eigenvalue weighted by Gasteiger charge is -2.06. The standard InChI is InChI=1S/C16H18N4O4/c1-10-9-13(19-20(10)2)16(24)18-12-5-3-11(4-6-12)15(23)17-8-7-14(21)22/h3-6,9H,7-8H2,1-2H3,(H,17,23)(H,18,24)(H,21,22). The van der Waals surface area contributed by atoms with Crippen LogP contribution < -0.4 is 10.6 Å². The van der Waals surface area contributed by atoms with Crippen LogP contribution in [0, 0.1) is 6.92 Å². The molecule has 1 aromatic heterocycles. The molecular formula is C16H18N4O4. The van der Waals surface area contributed by atoms with Crippen molar-refractivity contribution in [1.82, 2.24) is 15.1 Å². The van der Waals surface area contributed by atoms with E-state index in [1.165, 1.54) is 0 Å².